The lowest BCUT2D eigenvalue weighted by Gasteiger charge is -2.19. The number of amides is 1. The average molecular weight is 479 g/mol. The smallest absolute Gasteiger partial charge is 0.276 e. The molecule has 1 saturated heterocycles. The first-order valence-corrected chi connectivity index (χ1v) is 12.8. The van der Waals surface area contributed by atoms with E-state index in [1.807, 2.05) is 41.0 Å². The van der Waals surface area contributed by atoms with Crippen molar-refractivity contribution in [1.29, 1.82) is 0 Å². The molecule has 2 heterocycles. The monoisotopic (exact) mass is 478 g/mol. The number of carbonyl (C=O) groups excluding carboxylic acids is 1. The quantitative estimate of drug-likeness (QED) is 0.219. The first-order valence-electron chi connectivity index (χ1n) is 10.8. The number of thiocarbonyl (C=S) groups is 1. The van der Waals surface area contributed by atoms with Gasteiger partial charge in [0.2, 0.25) is 5.88 Å². The molecule has 174 valence electrons. The normalized spacial score (nSPS) is 18.8. The van der Waals surface area contributed by atoms with E-state index in [1.54, 1.807) is 17.1 Å². The molecule has 0 radical (unpaired) electrons. The number of benzene rings is 1. The molecule has 1 fully saturated rings. The summed E-state index contributed by atoms with van der Waals surface area (Å²) >= 11 is 5.51. The average Bonchev–Trinajstić information content (AvgIpc) is 3.21. The van der Waals surface area contributed by atoms with E-state index in [1.165, 1.54) is 0 Å². The zero-order chi connectivity index (χ0) is 23.3. The molecule has 1 aromatic rings. The van der Waals surface area contributed by atoms with E-state index in [-0.39, 0.29) is 12.3 Å². The second kappa shape index (κ2) is 10.5. The van der Waals surface area contributed by atoms with Gasteiger partial charge in [0.25, 0.3) is 5.91 Å². The molecule has 0 spiro atoms. The summed E-state index contributed by atoms with van der Waals surface area (Å²) < 4.78 is 38.6. The molecule has 8 nitrogen and oxygen atoms in total. The van der Waals surface area contributed by atoms with Crippen LogP contribution in [0, 0.1) is 0 Å². The Morgan fingerprint density at radius 1 is 1.03 bits per heavy atom. The van der Waals surface area contributed by atoms with Gasteiger partial charge in [0.05, 0.1) is 15.8 Å². The zero-order valence-corrected chi connectivity index (χ0v) is 20.0. The third kappa shape index (κ3) is 5.48. The molecule has 0 N–H and O–H groups in total. The molecule has 0 bridgehead atoms. The number of unbranched alkanes of at least 4 members (excludes halogenated alkanes) is 2. The minimum absolute atomic E-state index is 0.120. The molecule has 1 aromatic carbocycles. The second-order valence-electron chi connectivity index (χ2n) is 7.58. The van der Waals surface area contributed by atoms with Crippen LogP contribution in [0.5, 0.6) is 5.75 Å². The molecule has 0 atom stereocenters. The van der Waals surface area contributed by atoms with E-state index in [9.17, 15) is 17.8 Å². The number of carbonyl (C=O) groups is 1. The number of likely N-dealkylation sites (N-methyl/N-ethyl adjacent to an activating group) is 1. The number of allylic oxidation sites excluding steroid dienone is 2. The van der Waals surface area contributed by atoms with Crippen molar-refractivity contribution in [3.8, 4) is 5.75 Å². The highest BCUT2D eigenvalue weighted by molar-refractivity contribution is 7.85. The number of nitrogens with zero attached hydrogens (tertiary/aromatic N) is 3. The standard InChI is InChI=1S/C22H29N3O5S2/c1-3-5-14-25-21(26)18(23(4-2)22(25)31)12-13-20-24(15-8-9-16-32(27,28)29)17-10-6-7-11-19(17)30-20/h6-7,10-13H,3-5,8-9,14-16H2,1-2H3,(H,27,28,29)/p-1. The van der Waals surface area contributed by atoms with Crippen LogP contribution in [-0.4, -0.2) is 59.2 Å². The lowest BCUT2D eigenvalue weighted by molar-refractivity contribution is -0.122. The predicted molar refractivity (Wildman–Crippen MR) is 126 cm³/mol. The number of ether oxygens (including phenoxy) is 1. The summed E-state index contributed by atoms with van der Waals surface area (Å²) in [6.45, 7) is 5.67. The SMILES string of the molecule is CCCCN1C(=O)C(=CC=C2Oc3ccccc3N2CCCCS(=O)(=O)[O-])N(CC)C1=S. The van der Waals surface area contributed by atoms with Crippen LogP contribution in [0.2, 0.25) is 0 Å². The maximum absolute atomic E-state index is 13.0. The summed E-state index contributed by atoms with van der Waals surface area (Å²) in [7, 11) is -4.23. The van der Waals surface area contributed by atoms with Crippen LogP contribution in [0.3, 0.4) is 0 Å². The molecule has 0 aromatic heterocycles. The molecule has 10 heteroatoms. The van der Waals surface area contributed by atoms with Gasteiger partial charge in [-0.1, -0.05) is 25.5 Å². The van der Waals surface area contributed by atoms with Crippen molar-refractivity contribution in [2.45, 2.75) is 39.5 Å². The van der Waals surface area contributed by atoms with Crippen LogP contribution in [0.4, 0.5) is 5.69 Å². The third-order valence-electron chi connectivity index (χ3n) is 5.31. The Morgan fingerprint density at radius 3 is 2.44 bits per heavy atom. The van der Waals surface area contributed by atoms with Crippen LogP contribution in [0.25, 0.3) is 0 Å². The molecule has 0 saturated carbocycles. The van der Waals surface area contributed by atoms with Crippen molar-refractivity contribution in [2.75, 3.05) is 30.3 Å². The van der Waals surface area contributed by atoms with Gasteiger partial charge in [-0.2, -0.15) is 0 Å². The number of hydrogen-bond acceptors (Lipinski definition) is 7. The van der Waals surface area contributed by atoms with Gasteiger partial charge in [-0.3, -0.25) is 9.69 Å². The number of para-hydroxylation sites is 2. The highest BCUT2D eigenvalue weighted by Crippen LogP contribution is 2.39. The summed E-state index contributed by atoms with van der Waals surface area (Å²) in [5.74, 6) is 0.700. The van der Waals surface area contributed by atoms with Crippen LogP contribution in [-0.2, 0) is 14.9 Å². The zero-order valence-electron chi connectivity index (χ0n) is 18.3. The molecule has 1 amide bonds. The van der Waals surface area contributed by atoms with Gasteiger partial charge < -0.3 is 19.1 Å². The maximum atomic E-state index is 13.0. The Kier molecular flexibility index (Phi) is 7.91. The van der Waals surface area contributed by atoms with E-state index in [4.69, 9.17) is 17.0 Å². The predicted octanol–water partition coefficient (Wildman–Crippen LogP) is 3.19. The van der Waals surface area contributed by atoms with Crippen molar-refractivity contribution >= 4 is 39.0 Å². The van der Waals surface area contributed by atoms with Crippen LogP contribution < -0.4 is 9.64 Å². The minimum atomic E-state index is -4.23. The lowest BCUT2D eigenvalue weighted by Crippen LogP contribution is -2.33. The van der Waals surface area contributed by atoms with Crippen molar-refractivity contribution < 1.29 is 22.5 Å². The highest BCUT2D eigenvalue weighted by atomic mass is 32.2. The van der Waals surface area contributed by atoms with Crippen LogP contribution in [0.15, 0.2) is 48.0 Å². The lowest BCUT2D eigenvalue weighted by atomic mass is 10.2. The summed E-state index contributed by atoms with van der Waals surface area (Å²) in [6.07, 6.45) is 6.08. The third-order valence-corrected chi connectivity index (χ3v) is 6.54. The molecule has 0 unspecified atom stereocenters. The Hall–Kier alpha value is -2.43. The first-order chi connectivity index (χ1) is 15.3. The largest absolute Gasteiger partial charge is 0.748 e. The summed E-state index contributed by atoms with van der Waals surface area (Å²) in [5.41, 5.74) is 1.35. The van der Waals surface area contributed by atoms with Gasteiger partial charge in [-0.25, -0.2) is 8.42 Å². The first kappa shape index (κ1) is 24.2. The fourth-order valence-electron chi connectivity index (χ4n) is 3.68. The summed E-state index contributed by atoms with van der Waals surface area (Å²) in [5, 5.41) is 0.516. The number of rotatable bonds is 10. The fourth-order valence-corrected chi connectivity index (χ4v) is 4.64. The second-order valence-corrected chi connectivity index (χ2v) is 9.47. The van der Waals surface area contributed by atoms with E-state index < -0.39 is 15.9 Å². The molecule has 2 aliphatic rings. The maximum Gasteiger partial charge on any atom is 0.276 e. The van der Waals surface area contributed by atoms with E-state index in [0.717, 1.165) is 18.5 Å². The molecule has 32 heavy (non-hydrogen) atoms. The molecular weight excluding hydrogens is 450 g/mol. The van der Waals surface area contributed by atoms with E-state index >= 15 is 0 Å². The summed E-state index contributed by atoms with van der Waals surface area (Å²) in [6, 6.07) is 7.52. The summed E-state index contributed by atoms with van der Waals surface area (Å²) in [4.78, 5) is 18.3. The van der Waals surface area contributed by atoms with Crippen molar-refractivity contribution in [2.24, 2.45) is 0 Å². The Bertz CT molecular complexity index is 1040. The van der Waals surface area contributed by atoms with Gasteiger partial charge >= 0.3 is 0 Å². The van der Waals surface area contributed by atoms with Crippen molar-refractivity contribution in [3.05, 3.63) is 48.0 Å². The number of anilines is 1. The van der Waals surface area contributed by atoms with E-state index in [2.05, 4.69) is 6.92 Å². The molecule has 2 aliphatic heterocycles. The number of hydrogen-bond donors (Lipinski definition) is 0. The fraction of sp³-hybridized carbons (Fsp3) is 0.455. The topological polar surface area (TPSA) is 93.2 Å². The number of fused-ring (bicyclic) bond motifs is 1. The van der Waals surface area contributed by atoms with E-state index in [0.29, 0.717) is 48.5 Å². The molecule has 3 rings (SSSR count). The van der Waals surface area contributed by atoms with Gasteiger partial charge in [0.1, 0.15) is 5.70 Å². The molecular formula is C22H28N3O5S2-. The highest BCUT2D eigenvalue weighted by Gasteiger charge is 2.36. The van der Waals surface area contributed by atoms with Gasteiger partial charge in [-0.15, -0.1) is 0 Å². The van der Waals surface area contributed by atoms with Crippen molar-refractivity contribution in [1.82, 2.24) is 9.80 Å². The van der Waals surface area contributed by atoms with Gasteiger partial charge in [-0.05, 0) is 56.6 Å². The Balaban J connectivity index is 1.82. The Labute approximate surface area is 194 Å². The van der Waals surface area contributed by atoms with Gasteiger partial charge in [0.15, 0.2) is 10.9 Å². The Morgan fingerprint density at radius 2 is 1.75 bits per heavy atom. The van der Waals surface area contributed by atoms with Crippen LogP contribution in [0.1, 0.15) is 39.5 Å². The molecule has 0 aliphatic carbocycles. The minimum Gasteiger partial charge on any atom is -0.748 e. The van der Waals surface area contributed by atoms with Crippen LogP contribution >= 0.6 is 12.2 Å². The van der Waals surface area contributed by atoms with Crippen molar-refractivity contribution in [3.63, 3.8) is 0 Å². The van der Waals surface area contributed by atoms with Gasteiger partial charge in [0, 0.05) is 31.5 Å².